The van der Waals surface area contributed by atoms with Crippen molar-refractivity contribution in [2.75, 3.05) is 13.1 Å². The number of halogens is 1. The number of carbonyl (C=O) groups excluding carboxylic acids is 1. The second-order valence-electron chi connectivity index (χ2n) is 5.10. The molecule has 2 rings (SSSR count). The largest absolute Gasteiger partial charge is 0.341 e. The van der Waals surface area contributed by atoms with Crippen LogP contribution in [0.25, 0.3) is 0 Å². The van der Waals surface area contributed by atoms with Crippen molar-refractivity contribution in [1.82, 2.24) is 4.90 Å². The van der Waals surface area contributed by atoms with Crippen LogP contribution >= 0.6 is 12.4 Å². The summed E-state index contributed by atoms with van der Waals surface area (Å²) in [6.45, 7) is 1.66. The lowest BCUT2D eigenvalue weighted by Gasteiger charge is -2.24. The zero-order chi connectivity index (χ0) is 10.7. The molecule has 0 aromatic heterocycles. The summed E-state index contributed by atoms with van der Waals surface area (Å²) in [6, 6.07) is 0.223. The summed E-state index contributed by atoms with van der Waals surface area (Å²) in [5, 5.41) is 0. The summed E-state index contributed by atoms with van der Waals surface area (Å²) in [7, 11) is 0. The zero-order valence-electron chi connectivity index (χ0n) is 9.86. The molecule has 1 aliphatic heterocycles. The lowest BCUT2D eigenvalue weighted by molar-refractivity contribution is -0.131. The Hall–Kier alpha value is -0.280. The molecule has 0 radical (unpaired) electrons. The molecule has 1 heterocycles. The molecule has 1 saturated carbocycles. The van der Waals surface area contributed by atoms with Crippen molar-refractivity contribution in [2.24, 2.45) is 11.7 Å². The highest BCUT2D eigenvalue weighted by Crippen LogP contribution is 2.27. The predicted molar refractivity (Wildman–Crippen MR) is 67.6 cm³/mol. The molecule has 3 nitrogen and oxygen atoms in total. The van der Waals surface area contributed by atoms with Gasteiger partial charge in [-0.3, -0.25) is 4.79 Å². The molecule has 16 heavy (non-hydrogen) atoms. The van der Waals surface area contributed by atoms with E-state index in [9.17, 15) is 4.79 Å². The maximum atomic E-state index is 11.9. The Morgan fingerprint density at radius 1 is 1.19 bits per heavy atom. The Kier molecular flexibility index (Phi) is 5.56. The molecule has 0 spiro atoms. The highest BCUT2D eigenvalue weighted by Gasteiger charge is 2.26. The van der Waals surface area contributed by atoms with Crippen molar-refractivity contribution in [3.63, 3.8) is 0 Å². The topological polar surface area (TPSA) is 46.3 Å². The van der Waals surface area contributed by atoms with E-state index >= 15 is 0 Å². The number of hydrogen-bond donors (Lipinski definition) is 1. The van der Waals surface area contributed by atoms with E-state index in [0.717, 1.165) is 25.9 Å². The molecule has 94 valence electrons. The lowest BCUT2D eigenvalue weighted by Crippen LogP contribution is -2.33. The van der Waals surface area contributed by atoms with Gasteiger partial charge in [0.2, 0.25) is 5.91 Å². The number of nitrogens with zero attached hydrogens (tertiary/aromatic N) is 1. The molecule has 4 heteroatoms. The zero-order valence-corrected chi connectivity index (χ0v) is 10.7. The maximum absolute atomic E-state index is 11.9. The molecule has 0 aromatic rings. The van der Waals surface area contributed by atoms with Crippen LogP contribution in [-0.2, 0) is 4.79 Å². The first kappa shape index (κ1) is 13.8. The average molecular weight is 247 g/mol. The van der Waals surface area contributed by atoms with Crippen LogP contribution in [0, 0.1) is 5.92 Å². The minimum absolute atomic E-state index is 0. The second kappa shape index (κ2) is 6.45. The Bertz CT molecular complexity index is 229. The third kappa shape index (κ3) is 3.63. The Balaban J connectivity index is 0.00000128. The second-order valence-corrected chi connectivity index (χ2v) is 5.10. The Morgan fingerprint density at radius 2 is 1.88 bits per heavy atom. The molecule has 0 bridgehead atoms. The molecule has 2 N–H and O–H groups in total. The molecule has 2 aliphatic rings. The van der Waals surface area contributed by atoms with Crippen molar-refractivity contribution in [3.8, 4) is 0 Å². The van der Waals surface area contributed by atoms with Gasteiger partial charge in [0.1, 0.15) is 0 Å². The fourth-order valence-corrected chi connectivity index (χ4v) is 2.78. The minimum Gasteiger partial charge on any atom is -0.341 e. The molecule has 1 atom stereocenters. The Morgan fingerprint density at radius 3 is 2.44 bits per heavy atom. The summed E-state index contributed by atoms with van der Waals surface area (Å²) in [5.41, 5.74) is 5.80. The van der Waals surface area contributed by atoms with Crippen LogP contribution in [0.3, 0.4) is 0 Å². The van der Waals surface area contributed by atoms with E-state index in [0.29, 0.717) is 11.8 Å². The first-order chi connectivity index (χ1) is 7.25. The van der Waals surface area contributed by atoms with Gasteiger partial charge in [-0.15, -0.1) is 12.4 Å². The van der Waals surface area contributed by atoms with Crippen molar-refractivity contribution in [3.05, 3.63) is 0 Å². The lowest BCUT2D eigenvalue weighted by atomic mass is 9.87. The van der Waals surface area contributed by atoms with Crippen molar-refractivity contribution >= 4 is 18.3 Å². The van der Waals surface area contributed by atoms with Gasteiger partial charge in [0, 0.05) is 25.6 Å². The van der Waals surface area contributed by atoms with Crippen LogP contribution in [-0.4, -0.2) is 29.9 Å². The van der Waals surface area contributed by atoms with Crippen LogP contribution < -0.4 is 5.73 Å². The summed E-state index contributed by atoms with van der Waals surface area (Å²) in [4.78, 5) is 13.9. The minimum atomic E-state index is 0. The number of amides is 1. The smallest absolute Gasteiger partial charge is 0.222 e. The van der Waals surface area contributed by atoms with Gasteiger partial charge in [0.15, 0.2) is 0 Å². The monoisotopic (exact) mass is 246 g/mol. The van der Waals surface area contributed by atoms with E-state index in [2.05, 4.69) is 0 Å². The maximum Gasteiger partial charge on any atom is 0.222 e. The molecule has 1 amide bonds. The van der Waals surface area contributed by atoms with Gasteiger partial charge in [-0.05, 0) is 25.2 Å². The predicted octanol–water partition coefficient (Wildman–Crippen LogP) is 1.94. The van der Waals surface area contributed by atoms with Gasteiger partial charge in [-0.25, -0.2) is 0 Å². The summed E-state index contributed by atoms with van der Waals surface area (Å²) < 4.78 is 0. The first-order valence-corrected chi connectivity index (χ1v) is 6.29. The highest BCUT2D eigenvalue weighted by atomic mass is 35.5. The number of hydrogen-bond acceptors (Lipinski definition) is 2. The summed E-state index contributed by atoms with van der Waals surface area (Å²) in [6.07, 6.45) is 8.26. The first-order valence-electron chi connectivity index (χ1n) is 6.29. The summed E-state index contributed by atoms with van der Waals surface area (Å²) in [5.74, 6) is 0.998. The van der Waals surface area contributed by atoms with E-state index in [-0.39, 0.29) is 18.4 Å². The van der Waals surface area contributed by atoms with Crippen LogP contribution in [0.15, 0.2) is 0 Å². The average Bonchev–Trinajstić information content (AvgIpc) is 2.66. The summed E-state index contributed by atoms with van der Waals surface area (Å²) >= 11 is 0. The molecule has 1 unspecified atom stereocenters. The number of nitrogens with two attached hydrogens (primary N) is 1. The van der Waals surface area contributed by atoms with E-state index in [1.54, 1.807) is 0 Å². The van der Waals surface area contributed by atoms with Crippen molar-refractivity contribution in [1.29, 1.82) is 0 Å². The molecular formula is C12H23ClN2O. The molecule has 2 fully saturated rings. The van der Waals surface area contributed by atoms with Gasteiger partial charge in [-0.2, -0.15) is 0 Å². The normalized spacial score (nSPS) is 26.6. The third-order valence-corrected chi connectivity index (χ3v) is 3.77. The fraction of sp³-hybridized carbons (Fsp3) is 0.917. The third-order valence-electron chi connectivity index (χ3n) is 3.77. The van der Waals surface area contributed by atoms with Crippen LogP contribution in [0.1, 0.15) is 44.9 Å². The van der Waals surface area contributed by atoms with Gasteiger partial charge in [0.05, 0.1) is 0 Å². The standard InChI is InChI=1S/C12H22N2O.ClH/c13-11-6-7-14(9-11)12(15)8-10-4-2-1-3-5-10;/h10-11H,1-9,13H2;1H. The quantitative estimate of drug-likeness (QED) is 0.810. The molecular weight excluding hydrogens is 224 g/mol. The van der Waals surface area contributed by atoms with E-state index in [1.807, 2.05) is 4.90 Å². The van der Waals surface area contributed by atoms with Crippen LogP contribution in [0.4, 0.5) is 0 Å². The van der Waals surface area contributed by atoms with Crippen molar-refractivity contribution < 1.29 is 4.79 Å². The highest BCUT2D eigenvalue weighted by molar-refractivity contribution is 5.85. The van der Waals surface area contributed by atoms with Crippen molar-refractivity contribution in [2.45, 2.75) is 51.0 Å². The van der Waals surface area contributed by atoms with Gasteiger partial charge in [0.25, 0.3) is 0 Å². The Labute approximate surface area is 104 Å². The van der Waals surface area contributed by atoms with Gasteiger partial charge in [-0.1, -0.05) is 19.3 Å². The van der Waals surface area contributed by atoms with Crippen LogP contribution in [0.5, 0.6) is 0 Å². The number of likely N-dealkylation sites (tertiary alicyclic amines) is 1. The van der Waals surface area contributed by atoms with Crippen LogP contribution in [0.2, 0.25) is 0 Å². The van der Waals surface area contributed by atoms with Gasteiger partial charge >= 0.3 is 0 Å². The number of rotatable bonds is 2. The van der Waals surface area contributed by atoms with E-state index in [4.69, 9.17) is 5.73 Å². The van der Waals surface area contributed by atoms with E-state index < -0.39 is 0 Å². The molecule has 0 aromatic carbocycles. The SMILES string of the molecule is Cl.NC1CCN(C(=O)CC2CCCCC2)C1. The molecule has 1 aliphatic carbocycles. The van der Waals surface area contributed by atoms with E-state index in [1.165, 1.54) is 32.1 Å². The molecule has 1 saturated heterocycles. The fourth-order valence-electron chi connectivity index (χ4n) is 2.78. The number of carbonyl (C=O) groups is 1. The van der Waals surface area contributed by atoms with Gasteiger partial charge < -0.3 is 10.6 Å².